The Bertz CT molecular complexity index is 311. The average Bonchev–Trinajstić information content (AvgIpc) is 2.40. The Morgan fingerprint density at radius 1 is 1.00 bits per heavy atom. The van der Waals surface area contributed by atoms with Gasteiger partial charge in [-0.25, -0.2) is 0 Å². The Labute approximate surface area is 125 Å². The highest BCUT2D eigenvalue weighted by Gasteiger charge is 2.41. The van der Waals surface area contributed by atoms with E-state index >= 15 is 0 Å². The zero-order chi connectivity index (χ0) is 16.1. The number of ether oxygens (including phenoxy) is 1. The summed E-state index contributed by atoms with van der Waals surface area (Å²) < 4.78 is 42.0. The van der Waals surface area contributed by atoms with Crippen LogP contribution < -0.4 is 0 Å². The van der Waals surface area contributed by atoms with Crippen molar-refractivity contribution in [1.29, 1.82) is 0 Å². The maximum absolute atomic E-state index is 12.5. The molecule has 0 saturated carbocycles. The molecule has 122 valence electrons. The maximum Gasteiger partial charge on any atom is 0.425 e. The number of hydrogen-bond acceptors (Lipinski definition) is 2. The van der Waals surface area contributed by atoms with Gasteiger partial charge in [0, 0.05) is 12.8 Å². The molecule has 1 unspecified atom stereocenters. The Hall–Kier alpha value is -1.26. The third-order valence-corrected chi connectivity index (χ3v) is 3.06. The first-order chi connectivity index (χ1) is 9.91. The molecule has 0 fully saturated rings. The maximum atomic E-state index is 12.5. The summed E-state index contributed by atoms with van der Waals surface area (Å²) in [6.07, 6.45) is 2.72. The topological polar surface area (TPSA) is 26.3 Å². The van der Waals surface area contributed by atoms with Crippen LogP contribution in [0, 0.1) is 0 Å². The van der Waals surface area contributed by atoms with Crippen LogP contribution in [0.5, 0.6) is 0 Å². The molecule has 0 aliphatic rings. The first kappa shape index (κ1) is 19.7. The van der Waals surface area contributed by atoms with Crippen LogP contribution in [-0.4, -0.2) is 18.2 Å². The summed E-state index contributed by atoms with van der Waals surface area (Å²) in [5.41, 5.74) is 0. The van der Waals surface area contributed by atoms with Gasteiger partial charge in [-0.05, 0) is 19.3 Å². The van der Waals surface area contributed by atoms with Crippen molar-refractivity contribution in [1.82, 2.24) is 0 Å². The number of carbonyl (C=O) groups is 1. The molecule has 0 aromatic rings. The van der Waals surface area contributed by atoms with Crippen molar-refractivity contribution in [3.63, 3.8) is 0 Å². The fourth-order valence-electron chi connectivity index (χ4n) is 1.88. The standard InChI is InChI=1S/C16H25F3O2/c1-3-5-6-7-8-9-10-11-13-15(20)21-14(12-4-2)16(17,18)19/h3-4,14H,1-2,5-13H2. The summed E-state index contributed by atoms with van der Waals surface area (Å²) in [7, 11) is 0. The Kier molecular flexibility index (Phi) is 10.7. The van der Waals surface area contributed by atoms with Crippen molar-refractivity contribution in [2.24, 2.45) is 0 Å². The lowest BCUT2D eigenvalue weighted by Gasteiger charge is -2.19. The van der Waals surface area contributed by atoms with Crippen LogP contribution in [-0.2, 0) is 9.53 Å². The van der Waals surface area contributed by atoms with Crippen molar-refractivity contribution in [2.75, 3.05) is 0 Å². The van der Waals surface area contributed by atoms with Gasteiger partial charge in [-0.1, -0.05) is 37.8 Å². The van der Waals surface area contributed by atoms with Gasteiger partial charge in [-0.2, -0.15) is 13.2 Å². The van der Waals surface area contributed by atoms with Crippen molar-refractivity contribution < 1.29 is 22.7 Å². The second-order valence-electron chi connectivity index (χ2n) is 4.99. The van der Waals surface area contributed by atoms with Crippen LogP contribution in [0.15, 0.2) is 25.3 Å². The predicted octanol–water partition coefficient (Wildman–Crippen LogP) is 5.34. The monoisotopic (exact) mass is 306 g/mol. The molecule has 1 atom stereocenters. The normalized spacial score (nSPS) is 12.7. The molecule has 0 aliphatic heterocycles. The lowest BCUT2D eigenvalue weighted by atomic mass is 10.1. The Morgan fingerprint density at radius 2 is 1.57 bits per heavy atom. The van der Waals surface area contributed by atoms with E-state index in [9.17, 15) is 18.0 Å². The molecule has 0 N–H and O–H groups in total. The Balaban J connectivity index is 3.73. The third kappa shape index (κ3) is 11.1. The average molecular weight is 306 g/mol. The molecule has 0 saturated heterocycles. The molecule has 0 spiro atoms. The third-order valence-electron chi connectivity index (χ3n) is 3.06. The van der Waals surface area contributed by atoms with E-state index in [-0.39, 0.29) is 6.42 Å². The zero-order valence-corrected chi connectivity index (χ0v) is 12.5. The molecule has 0 amide bonds. The molecule has 0 aromatic carbocycles. The highest BCUT2D eigenvalue weighted by Crippen LogP contribution is 2.26. The van der Waals surface area contributed by atoms with Gasteiger partial charge < -0.3 is 4.74 Å². The molecule has 0 aromatic heterocycles. The second-order valence-corrected chi connectivity index (χ2v) is 4.99. The quantitative estimate of drug-likeness (QED) is 0.276. The van der Waals surface area contributed by atoms with Crippen LogP contribution in [0.2, 0.25) is 0 Å². The van der Waals surface area contributed by atoms with Crippen molar-refractivity contribution in [3.05, 3.63) is 25.3 Å². The SMILES string of the molecule is C=CCCCCCCCCC(=O)OC(CC=C)C(F)(F)F. The van der Waals surface area contributed by atoms with Gasteiger partial charge in [-0.15, -0.1) is 13.2 Å². The van der Waals surface area contributed by atoms with E-state index in [0.717, 1.165) is 44.6 Å². The number of esters is 1. The molecule has 0 heterocycles. The minimum atomic E-state index is -4.53. The summed E-state index contributed by atoms with van der Waals surface area (Å²) in [5, 5.41) is 0. The minimum Gasteiger partial charge on any atom is -0.452 e. The number of allylic oxidation sites excluding steroid dienone is 1. The fourth-order valence-corrected chi connectivity index (χ4v) is 1.88. The largest absolute Gasteiger partial charge is 0.452 e. The van der Waals surface area contributed by atoms with Crippen molar-refractivity contribution in [3.8, 4) is 0 Å². The number of rotatable bonds is 12. The summed E-state index contributed by atoms with van der Waals surface area (Å²) in [4.78, 5) is 11.4. The van der Waals surface area contributed by atoms with Gasteiger partial charge in [-0.3, -0.25) is 4.79 Å². The van der Waals surface area contributed by atoms with Gasteiger partial charge in [0.15, 0.2) is 0 Å². The summed E-state index contributed by atoms with van der Waals surface area (Å²) in [6.45, 7) is 6.88. The molecule has 5 heteroatoms. The van der Waals surface area contributed by atoms with Crippen LogP contribution in [0.4, 0.5) is 13.2 Å². The van der Waals surface area contributed by atoms with E-state index in [2.05, 4.69) is 17.9 Å². The predicted molar refractivity (Wildman–Crippen MR) is 77.9 cm³/mol. The number of carbonyl (C=O) groups excluding carboxylic acids is 1. The van der Waals surface area contributed by atoms with E-state index in [0.29, 0.717) is 6.42 Å². The molecule has 0 radical (unpaired) electrons. The van der Waals surface area contributed by atoms with E-state index in [1.165, 1.54) is 0 Å². The number of hydrogen-bond donors (Lipinski definition) is 0. The summed E-state index contributed by atoms with van der Waals surface area (Å²) in [5.74, 6) is -0.786. The smallest absolute Gasteiger partial charge is 0.425 e. The second kappa shape index (κ2) is 11.4. The van der Waals surface area contributed by atoms with Gasteiger partial charge in [0.25, 0.3) is 0 Å². The van der Waals surface area contributed by atoms with Crippen molar-refractivity contribution >= 4 is 5.97 Å². The molecule has 0 rings (SSSR count). The molecule has 2 nitrogen and oxygen atoms in total. The first-order valence-electron chi connectivity index (χ1n) is 7.39. The summed E-state index contributed by atoms with van der Waals surface area (Å²) in [6, 6.07) is 0. The number of alkyl halides is 3. The van der Waals surface area contributed by atoms with E-state index in [1.807, 2.05) is 6.08 Å². The number of halogens is 3. The van der Waals surface area contributed by atoms with Crippen LogP contribution in [0.1, 0.15) is 57.8 Å². The van der Waals surface area contributed by atoms with Crippen molar-refractivity contribution in [2.45, 2.75) is 70.1 Å². The first-order valence-corrected chi connectivity index (χ1v) is 7.39. The summed E-state index contributed by atoms with van der Waals surface area (Å²) >= 11 is 0. The van der Waals surface area contributed by atoms with Gasteiger partial charge in [0.05, 0.1) is 0 Å². The Morgan fingerprint density at radius 3 is 2.10 bits per heavy atom. The van der Waals surface area contributed by atoms with E-state index in [1.54, 1.807) is 0 Å². The van der Waals surface area contributed by atoms with Crippen LogP contribution in [0.3, 0.4) is 0 Å². The highest BCUT2D eigenvalue weighted by atomic mass is 19.4. The zero-order valence-electron chi connectivity index (χ0n) is 12.5. The lowest BCUT2D eigenvalue weighted by Crippen LogP contribution is -2.33. The molecular formula is C16H25F3O2. The van der Waals surface area contributed by atoms with Gasteiger partial charge >= 0.3 is 12.1 Å². The molecule has 0 aliphatic carbocycles. The minimum absolute atomic E-state index is 0.0381. The lowest BCUT2D eigenvalue weighted by molar-refractivity contribution is -0.220. The van der Waals surface area contributed by atoms with Gasteiger partial charge in [0.2, 0.25) is 6.10 Å². The van der Waals surface area contributed by atoms with E-state index < -0.39 is 24.7 Å². The van der Waals surface area contributed by atoms with Crippen LogP contribution in [0.25, 0.3) is 0 Å². The highest BCUT2D eigenvalue weighted by molar-refractivity contribution is 5.69. The van der Waals surface area contributed by atoms with Gasteiger partial charge in [0.1, 0.15) is 0 Å². The number of unbranched alkanes of at least 4 members (excludes halogenated alkanes) is 6. The fraction of sp³-hybridized carbons (Fsp3) is 0.688. The molecular weight excluding hydrogens is 281 g/mol. The van der Waals surface area contributed by atoms with E-state index in [4.69, 9.17) is 0 Å². The molecule has 0 bridgehead atoms. The molecule has 21 heavy (non-hydrogen) atoms. The van der Waals surface area contributed by atoms with Crippen LogP contribution >= 0.6 is 0 Å².